The smallest absolute Gasteiger partial charge is 0.331 e. The van der Waals surface area contributed by atoms with Gasteiger partial charge in [0.25, 0.3) is 0 Å². The number of nitrogens with zero attached hydrogens (tertiary/aromatic N) is 2. The Bertz CT molecular complexity index is 313. The molecule has 6 nitrogen and oxygen atoms in total. The highest BCUT2D eigenvalue weighted by Gasteiger charge is 2.48. The normalized spacial score (nSPS) is 24.1. The summed E-state index contributed by atoms with van der Waals surface area (Å²) < 4.78 is 4.89. The predicted octanol–water partition coefficient (Wildman–Crippen LogP) is -0.288. The molecule has 0 aliphatic carbocycles. The molecule has 0 saturated carbocycles. The molecule has 0 aromatic rings. The third-order valence-electron chi connectivity index (χ3n) is 3.53. The van der Waals surface area contributed by atoms with E-state index in [1.807, 2.05) is 0 Å². The predicted molar refractivity (Wildman–Crippen MR) is 60.6 cm³/mol. The molecule has 0 unspecified atom stereocenters. The van der Waals surface area contributed by atoms with Gasteiger partial charge in [0, 0.05) is 26.2 Å². The largest absolute Gasteiger partial charge is 0.467 e. The number of urea groups is 1. The highest BCUT2D eigenvalue weighted by atomic mass is 16.5. The number of amides is 2. The zero-order valence-corrected chi connectivity index (χ0v) is 10.1. The van der Waals surface area contributed by atoms with Gasteiger partial charge in [-0.25, -0.2) is 14.9 Å². The number of carbonyl (C=O) groups is 2. The van der Waals surface area contributed by atoms with Crippen LogP contribution in [0.1, 0.15) is 19.3 Å². The molecule has 0 atom stereocenters. The van der Waals surface area contributed by atoms with Crippen LogP contribution >= 0.6 is 0 Å². The average molecular weight is 240 g/mol. The lowest BCUT2D eigenvalue weighted by Gasteiger charge is -2.45. The second-order valence-corrected chi connectivity index (χ2v) is 4.43. The van der Waals surface area contributed by atoms with E-state index in [1.54, 1.807) is 4.90 Å². The zero-order valence-electron chi connectivity index (χ0n) is 10.1. The van der Waals surface area contributed by atoms with Gasteiger partial charge in [0.2, 0.25) is 0 Å². The minimum atomic E-state index is -0.805. The van der Waals surface area contributed by atoms with Crippen LogP contribution in [-0.4, -0.2) is 55.7 Å². The Morgan fingerprint density at radius 2 is 2.18 bits per heavy atom. The minimum absolute atomic E-state index is 0.163. The molecule has 2 fully saturated rings. The van der Waals surface area contributed by atoms with Crippen LogP contribution in [0.3, 0.4) is 0 Å². The Morgan fingerprint density at radius 3 is 2.76 bits per heavy atom. The van der Waals surface area contributed by atoms with Gasteiger partial charge in [-0.3, -0.25) is 0 Å². The van der Waals surface area contributed by atoms with E-state index >= 15 is 0 Å². The van der Waals surface area contributed by atoms with Gasteiger partial charge < -0.3 is 15.0 Å². The van der Waals surface area contributed by atoms with Crippen LogP contribution in [0, 0.1) is 0 Å². The number of nitrogens with one attached hydrogen (secondary N) is 1. The summed E-state index contributed by atoms with van der Waals surface area (Å²) in [5.41, 5.74) is -0.805. The molecular weight excluding hydrogens is 222 g/mol. The maximum absolute atomic E-state index is 12.0. The van der Waals surface area contributed by atoms with Crippen molar-refractivity contribution in [2.75, 3.05) is 33.3 Å². The Labute approximate surface area is 101 Å². The van der Waals surface area contributed by atoms with Crippen molar-refractivity contribution in [3.05, 3.63) is 0 Å². The van der Waals surface area contributed by atoms with Gasteiger partial charge in [-0.05, 0) is 19.3 Å². The number of rotatable bonds is 2. The molecule has 0 spiro atoms. The molecule has 2 rings (SSSR count). The Hall–Kier alpha value is -1.30. The molecule has 17 heavy (non-hydrogen) atoms. The van der Waals surface area contributed by atoms with E-state index in [0.29, 0.717) is 39.0 Å². The molecule has 0 aromatic heterocycles. The highest BCUT2D eigenvalue weighted by molar-refractivity contribution is 5.88. The lowest BCUT2D eigenvalue weighted by atomic mass is 9.86. The third kappa shape index (κ3) is 2.09. The summed E-state index contributed by atoms with van der Waals surface area (Å²) in [6.45, 7) is 2.51. The minimum Gasteiger partial charge on any atom is -0.467 e. The van der Waals surface area contributed by atoms with E-state index in [-0.39, 0.29) is 12.0 Å². The molecule has 95 valence electrons. The fourth-order valence-electron chi connectivity index (χ4n) is 2.58. The molecule has 0 aromatic carbocycles. The van der Waals surface area contributed by atoms with E-state index in [4.69, 9.17) is 4.74 Å². The van der Waals surface area contributed by atoms with Gasteiger partial charge in [-0.1, -0.05) is 0 Å². The van der Waals surface area contributed by atoms with E-state index in [2.05, 4.69) is 10.6 Å². The van der Waals surface area contributed by atoms with Crippen molar-refractivity contribution in [1.29, 1.82) is 0 Å². The summed E-state index contributed by atoms with van der Waals surface area (Å²) >= 11 is 0. The van der Waals surface area contributed by atoms with Gasteiger partial charge in [-0.15, -0.1) is 0 Å². The standard InChI is InChI=1S/C11H18N3O3/c1-17-9(15)11(3-6-12-7-4-11)14-8-2-5-13-10(14)16/h2-8H2,1H3,(H,13,16). The monoisotopic (exact) mass is 240 g/mol. The fourth-order valence-corrected chi connectivity index (χ4v) is 2.58. The van der Waals surface area contributed by atoms with Crippen LogP contribution in [0.2, 0.25) is 0 Å². The first-order valence-corrected chi connectivity index (χ1v) is 5.98. The van der Waals surface area contributed by atoms with Crippen LogP contribution in [-0.2, 0) is 9.53 Å². The lowest BCUT2D eigenvalue weighted by molar-refractivity contribution is -0.155. The molecule has 2 amide bonds. The Kier molecular flexibility index (Phi) is 3.51. The van der Waals surface area contributed by atoms with Crippen molar-refractivity contribution in [1.82, 2.24) is 15.5 Å². The molecule has 2 aliphatic heterocycles. The average Bonchev–Trinajstić information content (AvgIpc) is 2.39. The van der Waals surface area contributed by atoms with E-state index in [1.165, 1.54) is 7.11 Å². The maximum Gasteiger partial charge on any atom is 0.331 e. The number of methoxy groups -OCH3 is 1. The Balaban J connectivity index is 2.24. The molecule has 1 N–H and O–H groups in total. The SMILES string of the molecule is COC(=O)C1(N2CCCNC2=O)CC[N]CC1. The molecule has 2 heterocycles. The summed E-state index contributed by atoms with van der Waals surface area (Å²) in [5.74, 6) is -0.315. The lowest BCUT2D eigenvalue weighted by Crippen LogP contribution is -2.65. The van der Waals surface area contributed by atoms with Crippen LogP contribution in [0.4, 0.5) is 4.79 Å². The maximum atomic E-state index is 12.0. The van der Waals surface area contributed by atoms with Crippen LogP contribution in [0.5, 0.6) is 0 Å². The highest BCUT2D eigenvalue weighted by Crippen LogP contribution is 2.29. The first-order valence-electron chi connectivity index (χ1n) is 5.98. The summed E-state index contributed by atoms with van der Waals surface area (Å²) in [4.78, 5) is 25.6. The van der Waals surface area contributed by atoms with Crippen molar-refractivity contribution in [3.63, 3.8) is 0 Å². The van der Waals surface area contributed by atoms with Crippen molar-refractivity contribution >= 4 is 12.0 Å². The van der Waals surface area contributed by atoms with Crippen LogP contribution in [0.15, 0.2) is 0 Å². The van der Waals surface area contributed by atoms with Crippen LogP contribution in [0.25, 0.3) is 0 Å². The zero-order chi connectivity index (χ0) is 12.3. The van der Waals surface area contributed by atoms with Gasteiger partial charge in [-0.2, -0.15) is 0 Å². The summed E-state index contributed by atoms with van der Waals surface area (Å²) in [6, 6.07) is -0.163. The van der Waals surface area contributed by atoms with E-state index in [9.17, 15) is 9.59 Å². The van der Waals surface area contributed by atoms with Crippen molar-refractivity contribution in [2.45, 2.75) is 24.8 Å². The number of carbonyl (C=O) groups excluding carboxylic acids is 2. The first-order chi connectivity index (χ1) is 8.20. The van der Waals surface area contributed by atoms with E-state index in [0.717, 1.165) is 6.42 Å². The number of hydrogen-bond acceptors (Lipinski definition) is 3. The third-order valence-corrected chi connectivity index (χ3v) is 3.53. The molecular formula is C11H18N3O3. The molecule has 2 aliphatic rings. The second-order valence-electron chi connectivity index (χ2n) is 4.43. The van der Waals surface area contributed by atoms with Gasteiger partial charge >= 0.3 is 12.0 Å². The van der Waals surface area contributed by atoms with Crippen LogP contribution < -0.4 is 10.6 Å². The topological polar surface area (TPSA) is 72.7 Å². The van der Waals surface area contributed by atoms with Crippen molar-refractivity contribution in [2.24, 2.45) is 0 Å². The fraction of sp³-hybridized carbons (Fsp3) is 0.818. The molecule has 1 radical (unpaired) electrons. The summed E-state index contributed by atoms with van der Waals surface area (Å²) in [5, 5.41) is 7.02. The van der Waals surface area contributed by atoms with Gasteiger partial charge in [0.05, 0.1) is 7.11 Å². The molecule has 0 bridgehead atoms. The Morgan fingerprint density at radius 1 is 1.47 bits per heavy atom. The number of hydrogen-bond donors (Lipinski definition) is 1. The summed E-state index contributed by atoms with van der Waals surface area (Å²) in [7, 11) is 1.37. The van der Waals surface area contributed by atoms with Crippen molar-refractivity contribution < 1.29 is 14.3 Å². The first kappa shape index (κ1) is 12.2. The van der Waals surface area contributed by atoms with Crippen molar-refractivity contribution in [3.8, 4) is 0 Å². The summed E-state index contributed by atoms with van der Waals surface area (Å²) in [6.07, 6.45) is 1.99. The molecule has 2 saturated heterocycles. The number of piperidine rings is 1. The quantitative estimate of drug-likeness (QED) is 0.674. The number of ether oxygens (including phenoxy) is 1. The van der Waals surface area contributed by atoms with E-state index < -0.39 is 5.54 Å². The molecule has 6 heteroatoms. The number of esters is 1. The van der Waals surface area contributed by atoms with Gasteiger partial charge in [0.15, 0.2) is 0 Å². The second kappa shape index (κ2) is 4.91. The van der Waals surface area contributed by atoms with Gasteiger partial charge in [0.1, 0.15) is 5.54 Å².